The highest BCUT2D eigenvalue weighted by molar-refractivity contribution is 6.29. The fraction of sp³-hybridized carbons (Fsp3) is 1.00. The monoisotopic (exact) mass is 224 g/mol. The molecule has 0 amide bonds. The second-order valence-corrected chi connectivity index (χ2v) is 5.42. The van der Waals surface area contributed by atoms with E-state index in [1.807, 2.05) is 14.4 Å². The Balaban J connectivity index is 2.68. The van der Waals surface area contributed by atoms with Crippen LogP contribution in [0.2, 0.25) is 0 Å². The fourth-order valence-corrected chi connectivity index (χ4v) is 3.02. The predicted molar refractivity (Wildman–Crippen MR) is 70.3 cm³/mol. The zero-order chi connectivity index (χ0) is 12.0. The minimum Gasteiger partial charge on any atom is -0.439 e. The fourth-order valence-electron chi connectivity index (χ4n) is 3.02. The lowest BCUT2D eigenvalue weighted by Crippen LogP contribution is -2.49. The van der Waals surface area contributed by atoms with Gasteiger partial charge in [-0.25, -0.2) is 0 Å². The third-order valence-corrected chi connectivity index (χ3v) is 4.26. The zero-order valence-electron chi connectivity index (χ0n) is 11.2. The first-order valence-electron chi connectivity index (χ1n) is 6.84. The van der Waals surface area contributed by atoms with Gasteiger partial charge in [0.2, 0.25) is 0 Å². The third-order valence-electron chi connectivity index (χ3n) is 4.26. The van der Waals surface area contributed by atoms with Gasteiger partial charge < -0.3 is 10.4 Å². The lowest BCUT2D eigenvalue weighted by molar-refractivity contribution is 0.139. The van der Waals surface area contributed by atoms with Crippen LogP contribution in [0.15, 0.2) is 0 Å². The Hall–Kier alpha value is -0.0151. The van der Waals surface area contributed by atoms with Gasteiger partial charge in [0.25, 0.3) is 0 Å². The summed E-state index contributed by atoms with van der Waals surface area (Å²) < 4.78 is 5.41. The first-order chi connectivity index (χ1) is 7.63. The molecule has 93 valence electrons. The summed E-state index contributed by atoms with van der Waals surface area (Å²) >= 11 is 0. The largest absolute Gasteiger partial charge is 0.439 e. The molecule has 1 atom stereocenters. The molecule has 1 radical (unpaired) electrons. The van der Waals surface area contributed by atoms with Gasteiger partial charge >= 0.3 is 7.48 Å². The highest BCUT2D eigenvalue weighted by Crippen LogP contribution is 2.43. The smallest absolute Gasteiger partial charge is 0.311 e. The van der Waals surface area contributed by atoms with E-state index in [9.17, 15) is 0 Å². The first kappa shape index (κ1) is 14.0. The topological polar surface area (TPSA) is 35.2 Å². The van der Waals surface area contributed by atoms with Gasteiger partial charge in [-0.2, -0.15) is 0 Å². The van der Waals surface area contributed by atoms with Crippen LogP contribution in [0.25, 0.3) is 0 Å². The average Bonchev–Trinajstić information content (AvgIpc) is 2.52. The molecular formula is C13H27BNO. The van der Waals surface area contributed by atoms with Crippen molar-refractivity contribution in [2.75, 3.05) is 6.61 Å². The Morgan fingerprint density at radius 2 is 1.75 bits per heavy atom. The molecule has 3 heteroatoms. The molecule has 1 aliphatic rings. The summed E-state index contributed by atoms with van der Waals surface area (Å²) in [6, 6.07) is 0. The molecule has 2 nitrogen and oxygen atoms in total. The van der Waals surface area contributed by atoms with Crippen molar-refractivity contribution in [3.8, 4) is 0 Å². The zero-order valence-corrected chi connectivity index (χ0v) is 11.2. The Kier molecular flexibility index (Phi) is 5.84. The van der Waals surface area contributed by atoms with Crippen LogP contribution in [0.3, 0.4) is 0 Å². The summed E-state index contributed by atoms with van der Waals surface area (Å²) in [5.41, 5.74) is 6.63. The van der Waals surface area contributed by atoms with Gasteiger partial charge in [0.1, 0.15) is 0 Å². The van der Waals surface area contributed by atoms with Gasteiger partial charge in [-0.1, -0.05) is 39.5 Å². The van der Waals surface area contributed by atoms with Gasteiger partial charge in [0, 0.05) is 12.5 Å². The lowest BCUT2D eigenvalue weighted by Gasteiger charge is -2.42. The van der Waals surface area contributed by atoms with E-state index >= 15 is 0 Å². The molecular weight excluding hydrogens is 197 g/mol. The molecule has 0 spiro atoms. The van der Waals surface area contributed by atoms with E-state index in [1.165, 1.54) is 38.5 Å². The van der Waals surface area contributed by atoms with Gasteiger partial charge in [0.05, 0.1) is 0 Å². The summed E-state index contributed by atoms with van der Waals surface area (Å²) in [6.45, 7) is 7.36. The second-order valence-electron chi connectivity index (χ2n) is 5.42. The van der Waals surface area contributed by atoms with E-state index in [0.29, 0.717) is 5.92 Å². The molecule has 0 aromatic rings. The second kappa shape index (κ2) is 6.66. The van der Waals surface area contributed by atoms with Crippen molar-refractivity contribution in [2.24, 2.45) is 17.1 Å². The van der Waals surface area contributed by atoms with E-state index in [4.69, 9.17) is 10.4 Å². The molecule has 0 saturated heterocycles. The molecule has 0 bridgehead atoms. The molecule has 16 heavy (non-hydrogen) atoms. The Morgan fingerprint density at radius 1 is 1.19 bits per heavy atom. The maximum Gasteiger partial charge on any atom is 0.311 e. The van der Waals surface area contributed by atoms with Gasteiger partial charge in [-0.3, -0.25) is 0 Å². The molecule has 1 unspecified atom stereocenters. The van der Waals surface area contributed by atoms with Crippen LogP contribution in [0.1, 0.15) is 59.3 Å². The van der Waals surface area contributed by atoms with Crippen LogP contribution in [0.5, 0.6) is 0 Å². The maximum atomic E-state index is 6.36. The van der Waals surface area contributed by atoms with E-state index in [-0.39, 0.29) is 11.4 Å². The van der Waals surface area contributed by atoms with Crippen molar-refractivity contribution < 1.29 is 4.65 Å². The molecule has 0 aromatic heterocycles. The highest BCUT2D eigenvalue weighted by Gasteiger charge is 2.40. The Labute approximate surface area is 102 Å². The molecule has 0 aliphatic heterocycles. The predicted octanol–water partition coefficient (Wildman–Crippen LogP) is 2.92. The summed E-state index contributed by atoms with van der Waals surface area (Å²) in [7, 11) is 1.88. The average molecular weight is 224 g/mol. The van der Waals surface area contributed by atoms with E-state index < -0.39 is 0 Å². The molecule has 1 saturated carbocycles. The standard InChI is InChI=1S/C13H27BNO/c1-4-16-14-12(15)13(11(2)3)9-7-5-6-8-10-13/h11-12H,4-10,15H2,1-3H3. The van der Waals surface area contributed by atoms with Gasteiger partial charge in [0.15, 0.2) is 0 Å². The summed E-state index contributed by atoms with van der Waals surface area (Å²) in [6.07, 6.45) is 7.91. The highest BCUT2D eigenvalue weighted by atomic mass is 16.4. The van der Waals surface area contributed by atoms with Crippen LogP contribution in [0.4, 0.5) is 0 Å². The summed E-state index contributed by atoms with van der Waals surface area (Å²) in [5.74, 6) is 0.725. The Bertz CT molecular complexity index is 188. The SMILES string of the molecule is CCO[B]C(N)C1(C(C)C)CCCCCC1. The summed E-state index contributed by atoms with van der Waals surface area (Å²) in [4.78, 5) is 0. The first-order valence-corrected chi connectivity index (χ1v) is 6.84. The van der Waals surface area contributed by atoms with Gasteiger partial charge in [-0.15, -0.1) is 0 Å². The number of rotatable bonds is 5. The molecule has 0 heterocycles. The van der Waals surface area contributed by atoms with Crippen LogP contribution in [-0.4, -0.2) is 20.0 Å². The van der Waals surface area contributed by atoms with Crippen molar-refractivity contribution in [1.29, 1.82) is 0 Å². The number of hydrogen-bond donors (Lipinski definition) is 1. The number of nitrogens with two attached hydrogens (primary N) is 1. The molecule has 1 fully saturated rings. The van der Waals surface area contributed by atoms with E-state index in [2.05, 4.69) is 13.8 Å². The number of hydrogen-bond acceptors (Lipinski definition) is 2. The van der Waals surface area contributed by atoms with E-state index in [1.54, 1.807) is 0 Å². The Morgan fingerprint density at radius 3 is 2.19 bits per heavy atom. The molecule has 0 aromatic carbocycles. The minimum absolute atomic E-state index is 0.0885. The third kappa shape index (κ3) is 3.24. The van der Waals surface area contributed by atoms with Crippen molar-refractivity contribution in [3.05, 3.63) is 0 Å². The maximum absolute atomic E-state index is 6.36. The van der Waals surface area contributed by atoms with Crippen LogP contribution in [-0.2, 0) is 4.65 Å². The van der Waals surface area contributed by atoms with Crippen LogP contribution in [0, 0.1) is 11.3 Å². The minimum atomic E-state index is 0.0885. The molecule has 1 rings (SSSR count). The lowest BCUT2D eigenvalue weighted by atomic mass is 9.58. The molecule has 1 aliphatic carbocycles. The van der Waals surface area contributed by atoms with Crippen molar-refractivity contribution in [1.82, 2.24) is 0 Å². The van der Waals surface area contributed by atoms with Crippen LogP contribution >= 0.6 is 0 Å². The van der Waals surface area contributed by atoms with E-state index in [0.717, 1.165) is 6.61 Å². The molecule has 2 N–H and O–H groups in total. The van der Waals surface area contributed by atoms with Crippen molar-refractivity contribution in [2.45, 2.75) is 65.2 Å². The quantitative estimate of drug-likeness (QED) is 0.575. The normalized spacial score (nSPS) is 22.8. The van der Waals surface area contributed by atoms with Gasteiger partial charge in [-0.05, 0) is 31.1 Å². The van der Waals surface area contributed by atoms with Crippen molar-refractivity contribution >= 4 is 7.48 Å². The van der Waals surface area contributed by atoms with Crippen molar-refractivity contribution in [3.63, 3.8) is 0 Å². The van der Waals surface area contributed by atoms with Crippen LogP contribution < -0.4 is 5.73 Å². The summed E-state index contributed by atoms with van der Waals surface area (Å²) in [5, 5.41) is 0.